The lowest BCUT2D eigenvalue weighted by atomic mass is 9.99. The average molecular weight is 567 g/mol. The third-order valence-electron chi connectivity index (χ3n) is 5.90. The Labute approximate surface area is 237 Å². The molecule has 0 saturated carbocycles. The van der Waals surface area contributed by atoms with Gasteiger partial charge in [-0.05, 0) is 44.5 Å². The summed E-state index contributed by atoms with van der Waals surface area (Å²) in [7, 11) is 1.41. The van der Waals surface area contributed by atoms with Crippen LogP contribution >= 0.6 is 11.8 Å². The number of hydrogen-bond donors (Lipinski definition) is 1. The van der Waals surface area contributed by atoms with E-state index in [2.05, 4.69) is 62.7 Å². The van der Waals surface area contributed by atoms with Crippen molar-refractivity contribution in [3.8, 4) is 28.7 Å². The summed E-state index contributed by atoms with van der Waals surface area (Å²) in [6.07, 6.45) is 5.58. The number of methoxy groups -OCH3 is 1. The zero-order chi connectivity index (χ0) is 29.1. The Morgan fingerprint density at radius 2 is 1.88 bits per heavy atom. The third kappa shape index (κ3) is 8.05. The van der Waals surface area contributed by atoms with Crippen LogP contribution in [-0.4, -0.2) is 45.5 Å². The highest BCUT2D eigenvalue weighted by atomic mass is 32.2. The molecule has 1 amide bonds. The van der Waals surface area contributed by atoms with Gasteiger partial charge in [-0.1, -0.05) is 44.4 Å². The summed E-state index contributed by atoms with van der Waals surface area (Å²) in [5.41, 5.74) is 1.61. The molecule has 0 aliphatic carbocycles. The van der Waals surface area contributed by atoms with Crippen LogP contribution in [0.4, 0.5) is 14.6 Å². The number of aromatic nitrogens is 4. The molecule has 0 saturated heterocycles. The number of halogens is 2. The molecule has 11 heteroatoms. The van der Waals surface area contributed by atoms with Gasteiger partial charge in [-0.2, -0.15) is 0 Å². The van der Waals surface area contributed by atoms with Gasteiger partial charge in [0, 0.05) is 28.9 Å². The van der Waals surface area contributed by atoms with Gasteiger partial charge in [0.25, 0.3) is 12.3 Å². The van der Waals surface area contributed by atoms with Crippen molar-refractivity contribution in [2.24, 2.45) is 10.9 Å². The number of carbonyl (C=O) groups is 1. The minimum atomic E-state index is -2.78. The molecule has 8 nitrogen and oxygen atoms in total. The number of ether oxygens (including phenoxy) is 1. The second-order valence-electron chi connectivity index (χ2n) is 8.86. The van der Waals surface area contributed by atoms with Gasteiger partial charge in [0.05, 0.1) is 30.9 Å². The summed E-state index contributed by atoms with van der Waals surface area (Å²) < 4.78 is 32.1. The van der Waals surface area contributed by atoms with Crippen molar-refractivity contribution in [3.05, 3.63) is 53.4 Å². The van der Waals surface area contributed by atoms with Crippen LogP contribution in [0.5, 0.6) is 5.75 Å². The minimum absolute atomic E-state index is 0.129. The van der Waals surface area contributed by atoms with Crippen molar-refractivity contribution in [2.75, 3.05) is 13.0 Å². The summed E-state index contributed by atoms with van der Waals surface area (Å²) in [5, 5.41) is 3.30. The molecule has 40 heavy (non-hydrogen) atoms. The molecule has 210 valence electrons. The van der Waals surface area contributed by atoms with Crippen LogP contribution in [0.25, 0.3) is 11.1 Å². The smallest absolute Gasteiger partial charge is 0.280 e. The summed E-state index contributed by atoms with van der Waals surface area (Å²) >= 11 is 1.22. The fourth-order valence-corrected chi connectivity index (χ4v) is 4.72. The number of aryl methyl sites for hydroxylation is 1. The van der Waals surface area contributed by atoms with Gasteiger partial charge in [-0.25, -0.2) is 23.7 Å². The fourth-order valence-electron chi connectivity index (χ4n) is 3.97. The van der Waals surface area contributed by atoms with E-state index in [-0.39, 0.29) is 17.2 Å². The lowest BCUT2D eigenvalue weighted by molar-refractivity contribution is 0.0961. The molecule has 0 aromatic carbocycles. The molecule has 0 atom stereocenters. The first-order valence-electron chi connectivity index (χ1n) is 12.9. The van der Waals surface area contributed by atoms with Crippen molar-refractivity contribution in [3.63, 3.8) is 0 Å². The molecule has 1 N–H and O–H groups in total. The number of pyridine rings is 2. The molecule has 3 aromatic rings. The second kappa shape index (κ2) is 15.0. The van der Waals surface area contributed by atoms with E-state index in [1.165, 1.54) is 37.3 Å². The number of nitrogens with zero attached hydrogens (tertiary/aromatic N) is 5. The quantitative estimate of drug-likeness (QED) is 0.115. The van der Waals surface area contributed by atoms with Crippen LogP contribution in [-0.2, 0) is 0 Å². The van der Waals surface area contributed by atoms with E-state index in [9.17, 15) is 13.6 Å². The van der Waals surface area contributed by atoms with E-state index in [4.69, 9.17) is 4.74 Å². The van der Waals surface area contributed by atoms with Crippen LogP contribution in [0.2, 0.25) is 0 Å². The molecule has 0 spiro atoms. The molecule has 0 unspecified atom stereocenters. The molecule has 3 rings (SSSR count). The monoisotopic (exact) mass is 566 g/mol. The highest BCUT2D eigenvalue weighted by molar-refractivity contribution is 7.99. The maximum absolute atomic E-state index is 13.4. The SMILES string of the molecule is C=Nc1ncc(C#CC(CCC)CCC)nc1SCNC(=O)c1cnc(C)cc1-c1cc(C(F)F)ncc1OC. The maximum atomic E-state index is 13.4. The van der Waals surface area contributed by atoms with Crippen LogP contribution in [0.1, 0.15) is 73.4 Å². The van der Waals surface area contributed by atoms with Crippen molar-refractivity contribution in [2.45, 2.75) is 57.9 Å². The van der Waals surface area contributed by atoms with Crippen LogP contribution < -0.4 is 10.1 Å². The Bertz CT molecular complexity index is 1400. The first-order valence-corrected chi connectivity index (χ1v) is 13.8. The normalized spacial score (nSPS) is 10.8. The predicted octanol–water partition coefficient (Wildman–Crippen LogP) is 6.57. The lowest BCUT2D eigenvalue weighted by Gasteiger charge is -2.14. The summed E-state index contributed by atoms with van der Waals surface area (Å²) in [4.78, 5) is 34.0. The highest BCUT2D eigenvalue weighted by Crippen LogP contribution is 2.35. The number of carbonyl (C=O) groups excluding carboxylic acids is 1. The zero-order valence-corrected chi connectivity index (χ0v) is 23.8. The summed E-state index contributed by atoms with van der Waals surface area (Å²) in [6, 6.07) is 2.87. The number of rotatable bonds is 12. The van der Waals surface area contributed by atoms with Gasteiger partial charge in [-0.15, -0.1) is 0 Å². The fraction of sp³-hybridized carbons (Fsp3) is 0.379. The second-order valence-corrected chi connectivity index (χ2v) is 9.83. The topological polar surface area (TPSA) is 102 Å². The first-order chi connectivity index (χ1) is 19.3. The van der Waals surface area contributed by atoms with Crippen LogP contribution in [0, 0.1) is 24.7 Å². The average Bonchev–Trinajstić information content (AvgIpc) is 2.95. The summed E-state index contributed by atoms with van der Waals surface area (Å²) in [6.45, 7) is 9.58. The molecular weight excluding hydrogens is 534 g/mol. The Morgan fingerprint density at radius 3 is 2.52 bits per heavy atom. The van der Waals surface area contributed by atoms with Crippen molar-refractivity contribution in [1.29, 1.82) is 0 Å². The number of aliphatic imine (C=N–C) groups is 1. The number of alkyl halides is 2. The van der Waals surface area contributed by atoms with Crippen LogP contribution in [0.15, 0.2) is 40.7 Å². The predicted molar refractivity (Wildman–Crippen MR) is 153 cm³/mol. The highest BCUT2D eigenvalue weighted by Gasteiger charge is 2.20. The lowest BCUT2D eigenvalue weighted by Crippen LogP contribution is -2.24. The van der Waals surface area contributed by atoms with Crippen molar-refractivity contribution >= 4 is 30.2 Å². The Kier molecular flexibility index (Phi) is 11.5. The molecular formula is C29H32F2N6O2S. The number of hydrogen-bond acceptors (Lipinski definition) is 8. The number of thioether (sulfide) groups is 1. The Hall–Kier alpha value is -3.91. The Balaban J connectivity index is 1.82. The number of nitrogens with one attached hydrogen (secondary N) is 1. The van der Waals surface area contributed by atoms with Crippen molar-refractivity contribution in [1.82, 2.24) is 25.3 Å². The van der Waals surface area contributed by atoms with Gasteiger partial charge in [0.15, 0.2) is 5.82 Å². The minimum Gasteiger partial charge on any atom is -0.494 e. The van der Waals surface area contributed by atoms with E-state index in [1.54, 1.807) is 19.2 Å². The third-order valence-corrected chi connectivity index (χ3v) is 6.74. The van der Waals surface area contributed by atoms with E-state index in [0.29, 0.717) is 39.3 Å². The van der Waals surface area contributed by atoms with E-state index < -0.39 is 18.0 Å². The van der Waals surface area contributed by atoms with Gasteiger partial charge < -0.3 is 10.1 Å². The van der Waals surface area contributed by atoms with Gasteiger partial charge in [0.1, 0.15) is 22.2 Å². The molecule has 0 aliphatic heterocycles. The van der Waals surface area contributed by atoms with E-state index in [1.807, 2.05) is 0 Å². The van der Waals surface area contributed by atoms with Gasteiger partial charge in [-0.3, -0.25) is 14.8 Å². The molecule has 0 fully saturated rings. The van der Waals surface area contributed by atoms with Gasteiger partial charge in [0.2, 0.25) is 0 Å². The maximum Gasteiger partial charge on any atom is 0.280 e. The summed E-state index contributed by atoms with van der Waals surface area (Å²) in [5.74, 6) is 6.99. The molecule has 0 aliphatic rings. The Morgan fingerprint density at radius 1 is 1.12 bits per heavy atom. The van der Waals surface area contributed by atoms with E-state index in [0.717, 1.165) is 25.7 Å². The largest absolute Gasteiger partial charge is 0.494 e. The van der Waals surface area contributed by atoms with Crippen molar-refractivity contribution < 1.29 is 18.3 Å². The van der Waals surface area contributed by atoms with Crippen LogP contribution in [0.3, 0.4) is 0 Å². The zero-order valence-electron chi connectivity index (χ0n) is 23.0. The molecule has 3 aromatic heterocycles. The van der Waals surface area contributed by atoms with E-state index >= 15 is 0 Å². The first kappa shape index (κ1) is 30.6. The molecule has 0 radical (unpaired) electrons. The van der Waals surface area contributed by atoms with Gasteiger partial charge >= 0.3 is 0 Å². The standard InChI is InChI=1S/C29H32F2N6O2S/c1-6-8-19(9-7-2)10-11-20-14-35-27(32-4)29(37-20)40-17-36-28(38)23-15-33-18(3)12-21(23)22-13-24(26(30)31)34-16-25(22)39-5/h12-16,19,26H,4,6-9,17H2,1-3,5H3,(H,36,38). The molecule has 3 heterocycles. The number of amides is 1. The molecule has 0 bridgehead atoms.